The number of anilines is 1. The standard InChI is InChI=1S/C14H15N3O4/c1-8-5-9(2)12(16(21)7-8)17-13(19)11-6-10(18)3-4-15(11)14(17)20/h5,7,11H,3-4,6H2,1-2H3. The monoisotopic (exact) mass is 289 g/mol. The molecule has 2 aliphatic rings. The zero-order valence-corrected chi connectivity index (χ0v) is 11.8. The van der Waals surface area contributed by atoms with Crippen LogP contribution in [0.5, 0.6) is 0 Å². The maximum atomic E-state index is 12.4. The maximum Gasteiger partial charge on any atom is 0.419 e. The highest BCUT2D eigenvalue weighted by Crippen LogP contribution is 2.29. The molecule has 1 atom stereocenters. The second-order valence-corrected chi connectivity index (χ2v) is 5.51. The van der Waals surface area contributed by atoms with Crippen LogP contribution in [0.25, 0.3) is 0 Å². The summed E-state index contributed by atoms with van der Waals surface area (Å²) in [6.07, 6.45) is 1.61. The van der Waals surface area contributed by atoms with E-state index >= 15 is 0 Å². The van der Waals surface area contributed by atoms with Crippen molar-refractivity contribution >= 4 is 23.5 Å². The molecular weight excluding hydrogens is 274 g/mol. The molecule has 0 bridgehead atoms. The number of amides is 3. The third-order valence-corrected chi connectivity index (χ3v) is 3.91. The summed E-state index contributed by atoms with van der Waals surface area (Å²) < 4.78 is 0.542. The summed E-state index contributed by atoms with van der Waals surface area (Å²) in [6.45, 7) is 3.68. The molecule has 0 aliphatic carbocycles. The van der Waals surface area contributed by atoms with Gasteiger partial charge in [-0.25, -0.2) is 14.3 Å². The number of ketones is 1. The van der Waals surface area contributed by atoms with E-state index in [9.17, 15) is 19.6 Å². The summed E-state index contributed by atoms with van der Waals surface area (Å²) in [5, 5.41) is 12.1. The molecule has 1 aromatic heterocycles. The fraction of sp³-hybridized carbons (Fsp3) is 0.429. The number of pyridine rings is 1. The van der Waals surface area contributed by atoms with Gasteiger partial charge in [0.05, 0.1) is 6.20 Å². The van der Waals surface area contributed by atoms with Crippen LogP contribution >= 0.6 is 0 Å². The van der Waals surface area contributed by atoms with Gasteiger partial charge in [-0.3, -0.25) is 9.69 Å². The molecule has 0 radical (unpaired) electrons. The molecular formula is C14H15N3O4. The number of Topliss-reactive ketones (excluding diaryl/α,β-unsaturated/α-hetero) is 1. The Morgan fingerprint density at radius 3 is 2.67 bits per heavy atom. The van der Waals surface area contributed by atoms with Gasteiger partial charge in [-0.05, 0) is 25.5 Å². The van der Waals surface area contributed by atoms with Gasteiger partial charge in [-0.15, -0.1) is 4.90 Å². The van der Waals surface area contributed by atoms with E-state index in [0.717, 1.165) is 10.5 Å². The normalized spacial score (nSPS) is 22.0. The molecule has 0 saturated carbocycles. The zero-order chi connectivity index (χ0) is 15.3. The quantitative estimate of drug-likeness (QED) is 0.426. The number of urea groups is 1. The highest BCUT2D eigenvalue weighted by molar-refractivity contribution is 6.22. The number of nitrogens with zero attached hydrogens (tertiary/aromatic N) is 3. The predicted octanol–water partition coefficient (Wildman–Crippen LogP) is 0.437. The summed E-state index contributed by atoms with van der Waals surface area (Å²) in [7, 11) is 0. The molecule has 3 heterocycles. The molecule has 7 heteroatoms. The minimum absolute atomic E-state index is 0.0254. The Bertz CT molecular complexity index is 647. The van der Waals surface area contributed by atoms with Gasteiger partial charge in [0.25, 0.3) is 5.82 Å². The minimum atomic E-state index is -0.764. The number of imide groups is 1. The first-order valence-corrected chi connectivity index (χ1v) is 6.77. The number of rotatable bonds is 1. The number of piperidine rings is 1. The summed E-state index contributed by atoms with van der Waals surface area (Å²) in [5.41, 5.74) is 1.30. The van der Waals surface area contributed by atoms with Crippen LogP contribution in [-0.2, 0) is 9.59 Å². The van der Waals surface area contributed by atoms with Crippen molar-refractivity contribution in [2.75, 3.05) is 11.4 Å². The molecule has 1 unspecified atom stereocenters. The molecule has 3 rings (SSSR count). The highest BCUT2D eigenvalue weighted by Gasteiger charge is 2.55. The highest BCUT2D eigenvalue weighted by atomic mass is 16.5. The van der Waals surface area contributed by atoms with Gasteiger partial charge in [-0.1, -0.05) is 0 Å². The van der Waals surface area contributed by atoms with Crippen LogP contribution in [-0.4, -0.2) is 35.2 Å². The summed E-state index contributed by atoms with van der Waals surface area (Å²) in [5.74, 6) is -0.503. The van der Waals surface area contributed by atoms with Crippen molar-refractivity contribution in [1.29, 1.82) is 0 Å². The smallest absolute Gasteiger partial charge is 0.419 e. The molecule has 0 aromatic carbocycles. The van der Waals surface area contributed by atoms with E-state index in [1.165, 1.54) is 11.1 Å². The van der Waals surface area contributed by atoms with Crippen molar-refractivity contribution < 1.29 is 19.1 Å². The van der Waals surface area contributed by atoms with Crippen LogP contribution in [0.3, 0.4) is 0 Å². The molecule has 1 aromatic rings. The Labute approximate surface area is 121 Å². The Kier molecular flexibility index (Phi) is 2.93. The predicted molar refractivity (Wildman–Crippen MR) is 72.5 cm³/mol. The number of hydrogen-bond donors (Lipinski definition) is 0. The number of hydrogen-bond acceptors (Lipinski definition) is 4. The van der Waals surface area contributed by atoms with Gasteiger partial charge in [-0.2, -0.15) is 0 Å². The maximum absolute atomic E-state index is 12.4. The lowest BCUT2D eigenvalue weighted by molar-refractivity contribution is -0.592. The van der Waals surface area contributed by atoms with E-state index in [0.29, 0.717) is 10.3 Å². The lowest BCUT2D eigenvalue weighted by Gasteiger charge is -2.23. The first-order chi connectivity index (χ1) is 9.90. The summed E-state index contributed by atoms with van der Waals surface area (Å²) in [6, 6.07) is 0.459. The van der Waals surface area contributed by atoms with E-state index in [-0.39, 0.29) is 31.0 Å². The van der Waals surface area contributed by atoms with Crippen molar-refractivity contribution in [2.45, 2.75) is 32.7 Å². The number of carbonyl (C=O) groups is 3. The number of carbonyl (C=O) groups excluding carboxylic acids is 3. The number of aryl methyl sites for hydroxylation is 2. The SMILES string of the molecule is Cc1cc(C)c(N2C(=O)C3CC(=O)CCN3C2=O)[n+]([O-])c1. The fourth-order valence-electron chi connectivity index (χ4n) is 2.98. The third-order valence-electron chi connectivity index (χ3n) is 3.91. The second-order valence-electron chi connectivity index (χ2n) is 5.51. The van der Waals surface area contributed by atoms with E-state index in [1.54, 1.807) is 19.9 Å². The van der Waals surface area contributed by atoms with Crippen molar-refractivity contribution in [3.8, 4) is 0 Å². The zero-order valence-electron chi connectivity index (χ0n) is 11.8. The first-order valence-electron chi connectivity index (χ1n) is 6.77. The molecule has 7 nitrogen and oxygen atoms in total. The summed E-state index contributed by atoms with van der Waals surface area (Å²) in [4.78, 5) is 38.6. The van der Waals surface area contributed by atoms with Gasteiger partial charge in [0.15, 0.2) is 0 Å². The number of fused-ring (bicyclic) bond motifs is 1. The Morgan fingerprint density at radius 2 is 2.00 bits per heavy atom. The lowest BCUT2D eigenvalue weighted by Crippen LogP contribution is -2.43. The van der Waals surface area contributed by atoms with Crippen molar-refractivity contribution in [3.05, 3.63) is 28.6 Å². The Balaban J connectivity index is 2.06. The molecule has 0 N–H and O–H groups in total. The third kappa shape index (κ3) is 1.96. The van der Waals surface area contributed by atoms with Crippen LogP contribution < -0.4 is 9.63 Å². The van der Waals surface area contributed by atoms with Crippen LogP contribution in [0, 0.1) is 19.1 Å². The van der Waals surface area contributed by atoms with Crippen molar-refractivity contribution in [3.63, 3.8) is 0 Å². The van der Waals surface area contributed by atoms with Crippen LogP contribution in [0.15, 0.2) is 12.3 Å². The van der Waals surface area contributed by atoms with Gasteiger partial charge < -0.3 is 5.21 Å². The largest absolute Gasteiger partial charge is 0.711 e. The Morgan fingerprint density at radius 1 is 1.29 bits per heavy atom. The topological polar surface area (TPSA) is 84.6 Å². The molecule has 21 heavy (non-hydrogen) atoms. The van der Waals surface area contributed by atoms with Crippen molar-refractivity contribution in [2.24, 2.45) is 0 Å². The van der Waals surface area contributed by atoms with E-state index in [4.69, 9.17) is 0 Å². The van der Waals surface area contributed by atoms with Gasteiger partial charge in [0, 0.05) is 24.9 Å². The van der Waals surface area contributed by atoms with E-state index < -0.39 is 18.0 Å². The second kappa shape index (κ2) is 4.54. The Hall–Kier alpha value is -2.44. The molecule has 0 spiro atoms. The van der Waals surface area contributed by atoms with Crippen molar-refractivity contribution in [1.82, 2.24) is 4.90 Å². The molecule has 3 amide bonds. The van der Waals surface area contributed by atoms with Gasteiger partial charge >= 0.3 is 11.9 Å². The summed E-state index contributed by atoms with van der Waals surface area (Å²) >= 11 is 0. The average Bonchev–Trinajstić information content (AvgIpc) is 2.62. The van der Waals surface area contributed by atoms with Crippen LogP contribution in [0.1, 0.15) is 24.0 Å². The molecule has 2 fully saturated rings. The van der Waals surface area contributed by atoms with E-state index in [1.807, 2.05) is 0 Å². The lowest BCUT2D eigenvalue weighted by atomic mass is 10.0. The van der Waals surface area contributed by atoms with E-state index in [2.05, 4.69) is 0 Å². The van der Waals surface area contributed by atoms with Crippen LogP contribution in [0.4, 0.5) is 10.6 Å². The van der Waals surface area contributed by atoms with Gasteiger partial charge in [0.2, 0.25) is 0 Å². The van der Waals surface area contributed by atoms with Gasteiger partial charge in [0.1, 0.15) is 11.8 Å². The average molecular weight is 289 g/mol. The fourth-order valence-corrected chi connectivity index (χ4v) is 2.98. The molecule has 110 valence electrons. The number of aromatic nitrogens is 1. The molecule has 2 saturated heterocycles. The molecule has 2 aliphatic heterocycles. The first kappa shape index (κ1) is 13.5. The van der Waals surface area contributed by atoms with Crippen LogP contribution in [0.2, 0.25) is 0 Å². The minimum Gasteiger partial charge on any atom is -0.711 e.